The van der Waals surface area contributed by atoms with Gasteiger partial charge in [0, 0.05) is 29.8 Å². The van der Waals surface area contributed by atoms with E-state index in [0.717, 1.165) is 31.7 Å². The van der Waals surface area contributed by atoms with Crippen LogP contribution in [0.5, 0.6) is 0 Å². The number of carbonyl (C=O) groups is 1. The van der Waals surface area contributed by atoms with Crippen molar-refractivity contribution in [3.8, 4) is 0 Å². The van der Waals surface area contributed by atoms with Gasteiger partial charge in [0.1, 0.15) is 0 Å². The largest absolute Gasteiger partial charge is 0.342 e. The van der Waals surface area contributed by atoms with Crippen LogP contribution in [0.25, 0.3) is 0 Å². The monoisotopic (exact) mass is 290 g/mol. The van der Waals surface area contributed by atoms with Crippen LogP contribution in [0.15, 0.2) is 29.2 Å². The van der Waals surface area contributed by atoms with E-state index in [-0.39, 0.29) is 12.0 Å². The molecule has 3 nitrogen and oxygen atoms in total. The van der Waals surface area contributed by atoms with Gasteiger partial charge in [0.2, 0.25) is 5.91 Å². The zero-order valence-electron chi connectivity index (χ0n) is 11.9. The summed E-state index contributed by atoms with van der Waals surface area (Å²) in [7, 11) is 0. The Hall–Kier alpha value is -1.00. The molecule has 0 spiro atoms. The number of hydrogen-bond donors (Lipinski definition) is 1. The number of carbonyl (C=O) groups excluding carboxylic acids is 1. The van der Waals surface area contributed by atoms with Crippen LogP contribution >= 0.6 is 11.8 Å². The van der Waals surface area contributed by atoms with Crippen LogP contribution in [0.2, 0.25) is 0 Å². The Morgan fingerprint density at radius 2 is 2.05 bits per heavy atom. The Labute approximate surface area is 124 Å². The first-order chi connectivity index (χ1) is 9.66. The maximum Gasteiger partial charge on any atom is 0.231 e. The molecule has 4 heteroatoms. The van der Waals surface area contributed by atoms with Gasteiger partial charge in [0.15, 0.2) is 0 Å². The summed E-state index contributed by atoms with van der Waals surface area (Å²) in [6.07, 6.45) is 2.09. The number of hydrogen-bond acceptors (Lipinski definition) is 3. The molecule has 0 aromatic heterocycles. The summed E-state index contributed by atoms with van der Waals surface area (Å²) in [5.74, 6) is 1.84. The SMILES string of the molecule is CC(N)C1CCN(C(=O)C2CSc3ccccc32)CC1. The number of fused-ring (bicyclic) bond motifs is 1. The Morgan fingerprint density at radius 1 is 1.35 bits per heavy atom. The lowest BCUT2D eigenvalue weighted by Crippen LogP contribution is -2.44. The van der Waals surface area contributed by atoms with E-state index in [2.05, 4.69) is 19.1 Å². The molecule has 0 aliphatic carbocycles. The molecule has 2 heterocycles. The van der Waals surface area contributed by atoms with Crippen LogP contribution in [0.3, 0.4) is 0 Å². The topological polar surface area (TPSA) is 46.3 Å². The maximum atomic E-state index is 12.7. The third kappa shape index (κ3) is 2.59. The average Bonchev–Trinajstić information content (AvgIpc) is 2.90. The minimum Gasteiger partial charge on any atom is -0.342 e. The fourth-order valence-electron chi connectivity index (χ4n) is 3.23. The molecule has 108 valence electrons. The molecule has 2 aliphatic rings. The van der Waals surface area contributed by atoms with Crippen molar-refractivity contribution in [1.82, 2.24) is 4.90 Å². The molecule has 0 bridgehead atoms. The zero-order chi connectivity index (χ0) is 14.1. The lowest BCUT2D eigenvalue weighted by molar-refractivity contribution is -0.133. The second-order valence-corrected chi connectivity index (χ2v) is 6.99. The fourth-order valence-corrected chi connectivity index (χ4v) is 4.45. The number of likely N-dealkylation sites (tertiary alicyclic amines) is 1. The first-order valence-corrected chi connectivity index (χ1v) is 8.41. The number of nitrogens with two attached hydrogens (primary N) is 1. The highest BCUT2D eigenvalue weighted by atomic mass is 32.2. The molecule has 0 saturated carbocycles. The Morgan fingerprint density at radius 3 is 2.75 bits per heavy atom. The van der Waals surface area contributed by atoms with Crippen molar-refractivity contribution in [2.75, 3.05) is 18.8 Å². The molecular formula is C16H22N2OS. The van der Waals surface area contributed by atoms with Crippen LogP contribution in [-0.4, -0.2) is 35.7 Å². The van der Waals surface area contributed by atoms with Crippen molar-refractivity contribution in [3.05, 3.63) is 29.8 Å². The molecule has 1 amide bonds. The molecule has 2 aliphatic heterocycles. The summed E-state index contributed by atoms with van der Waals surface area (Å²) in [4.78, 5) is 16.0. The van der Waals surface area contributed by atoms with Crippen molar-refractivity contribution < 1.29 is 4.79 Å². The molecule has 3 rings (SSSR count). The maximum absolute atomic E-state index is 12.7. The summed E-state index contributed by atoms with van der Waals surface area (Å²) in [6.45, 7) is 3.81. The smallest absolute Gasteiger partial charge is 0.231 e. The Kier molecular flexibility index (Phi) is 4.03. The van der Waals surface area contributed by atoms with Gasteiger partial charge in [-0.25, -0.2) is 0 Å². The quantitative estimate of drug-likeness (QED) is 0.910. The minimum atomic E-state index is 0.0584. The summed E-state index contributed by atoms with van der Waals surface area (Å²) < 4.78 is 0. The van der Waals surface area contributed by atoms with Gasteiger partial charge in [-0.05, 0) is 37.3 Å². The molecule has 0 radical (unpaired) electrons. The van der Waals surface area contributed by atoms with Gasteiger partial charge < -0.3 is 10.6 Å². The van der Waals surface area contributed by atoms with Crippen molar-refractivity contribution in [3.63, 3.8) is 0 Å². The normalized spacial score (nSPS) is 24.5. The number of thioether (sulfide) groups is 1. The predicted molar refractivity (Wildman–Crippen MR) is 82.9 cm³/mol. The molecular weight excluding hydrogens is 268 g/mol. The van der Waals surface area contributed by atoms with E-state index in [1.54, 1.807) is 11.8 Å². The van der Waals surface area contributed by atoms with Gasteiger partial charge in [0.25, 0.3) is 0 Å². The van der Waals surface area contributed by atoms with Crippen LogP contribution in [0, 0.1) is 5.92 Å². The lowest BCUT2D eigenvalue weighted by Gasteiger charge is -2.35. The minimum absolute atomic E-state index is 0.0584. The van der Waals surface area contributed by atoms with Crippen LogP contribution < -0.4 is 5.73 Å². The number of piperidine rings is 1. The Balaban J connectivity index is 1.67. The summed E-state index contributed by atoms with van der Waals surface area (Å²) >= 11 is 1.81. The number of nitrogens with zero attached hydrogens (tertiary/aromatic N) is 1. The van der Waals surface area contributed by atoms with Gasteiger partial charge in [-0.15, -0.1) is 11.8 Å². The van der Waals surface area contributed by atoms with E-state index >= 15 is 0 Å². The van der Waals surface area contributed by atoms with E-state index in [1.165, 1.54) is 10.5 Å². The first-order valence-electron chi connectivity index (χ1n) is 7.43. The molecule has 2 atom stereocenters. The number of benzene rings is 1. The third-order valence-corrected chi connectivity index (χ3v) is 5.78. The number of amides is 1. The fraction of sp³-hybridized carbons (Fsp3) is 0.562. The summed E-state index contributed by atoms with van der Waals surface area (Å²) in [5, 5.41) is 0. The highest BCUT2D eigenvalue weighted by Gasteiger charge is 2.34. The van der Waals surface area contributed by atoms with Crippen LogP contribution in [0.4, 0.5) is 0 Å². The molecule has 20 heavy (non-hydrogen) atoms. The standard InChI is InChI=1S/C16H22N2OS/c1-11(17)12-6-8-18(9-7-12)16(19)14-10-20-15-5-3-2-4-13(14)15/h2-5,11-12,14H,6-10,17H2,1H3. The molecule has 2 unspecified atom stereocenters. The first kappa shape index (κ1) is 14.0. The highest BCUT2D eigenvalue weighted by molar-refractivity contribution is 7.99. The zero-order valence-corrected chi connectivity index (χ0v) is 12.7. The van der Waals surface area contributed by atoms with Crippen LogP contribution in [0.1, 0.15) is 31.2 Å². The van der Waals surface area contributed by atoms with E-state index in [4.69, 9.17) is 5.73 Å². The van der Waals surface area contributed by atoms with E-state index < -0.39 is 0 Å². The predicted octanol–water partition coefficient (Wildman–Crippen LogP) is 2.46. The molecule has 1 saturated heterocycles. The van der Waals surface area contributed by atoms with E-state index in [9.17, 15) is 4.79 Å². The highest BCUT2D eigenvalue weighted by Crippen LogP contribution is 2.40. The van der Waals surface area contributed by atoms with E-state index in [1.807, 2.05) is 17.0 Å². The summed E-state index contributed by atoms with van der Waals surface area (Å²) in [6, 6.07) is 8.55. The third-order valence-electron chi connectivity index (χ3n) is 4.59. The van der Waals surface area contributed by atoms with Crippen molar-refractivity contribution in [1.29, 1.82) is 0 Å². The summed E-state index contributed by atoms with van der Waals surface area (Å²) in [5.41, 5.74) is 7.19. The molecule has 2 N–H and O–H groups in total. The van der Waals surface area contributed by atoms with E-state index in [0.29, 0.717) is 11.8 Å². The average molecular weight is 290 g/mol. The van der Waals surface area contributed by atoms with Gasteiger partial charge in [-0.3, -0.25) is 4.79 Å². The van der Waals surface area contributed by atoms with Crippen molar-refractivity contribution >= 4 is 17.7 Å². The molecule has 1 fully saturated rings. The van der Waals surface area contributed by atoms with Crippen LogP contribution in [-0.2, 0) is 4.79 Å². The van der Waals surface area contributed by atoms with Gasteiger partial charge in [0.05, 0.1) is 5.92 Å². The Bertz CT molecular complexity index is 495. The van der Waals surface area contributed by atoms with Crippen molar-refractivity contribution in [2.45, 2.75) is 36.6 Å². The molecule has 1 aromatic rings. The second kappa shape index (κ2) is 5.78. The van der Waals surface area contributed by atoms with Gasteiger partial charge >= 0.3 is 0 Å². The van der Waals surface area contributed by atoms with Gasteiger partial charge in [-0.1, -0.05) is 18.2 Å². The van der Waals surface area contributed by atoms with Gasteiger partial charge in [-0.2, -0.15) is 0 Å². The molecule has 1 aromatic carbocycles. The number of rotatable bonds is 2. The lowest BCUT2D eigenvalue weighted by atomic mass is 9.90. The second-order valence-electron chi connectivity index (χ2n) is 5.92. The van der Waals surface area contributed by atoms with Crippen molar-refractivity contribution in [2.24, 2.45) is 11.7 Å².